The Kier molecular flexibility index (Phi) is 2.36. The predicted octanol–water partition coefficient (Wildman–Crippen LogP) is 0.908. The molecule has 19 heavy (non-hydrogen) atoms. The van der Waals surface area contributed by atoms with E-state index >= 15 is 0 Å². The third kappa shape index (κ3) is 1.54. The summed E-state index contributed by atoms with van der Waals surface area (Å²) >= 11 is 0. The van der Waals surface area contributed by atoms with Crippen LogP contribution in [-0.2, 0) is 14.9 Å². The van der Waals surface area contributed by atoms with E-state index in [2.05, 4.69) is 0 Å². The van der Waals surface area contributed by atoms with E-state index in [0.29, 0.717) is 18.5 Å². The van der Waals surface area contributed by atoms with Gasteiger partial charge < -0.3 is 14.7 Å². The average molecular weight is 261 g/mol. The van der Waals surface area contributed by atoms with Gasteiger partial charge in [0.25, 0.3) is 5.91 Å². The molecule has 2 aliphatic rings. The molecule has 1 aromatic rings. The Bertz CT molecular complexity index is 583. The van der Waals surface area contributed by atoms with Crippen LogP contribution in [0, 0.1) is 5.92 Å². The number of likely N-dealkylation sites (N-methyl/N-ethyl adjacent to an activating group) is 1. The van der Waals surface area contributed by atoms with Gasteiger partial charge in [-0.25, -0.2) is 0 Å². The molecule has 3 rings (SSSR count). The normalized spacial score (nSPS) is 28.2. The second kappa shape index (κ2) is 3.73. The zero-order chi connectivity index (χ0) is 13.8. The van der Waals surface area contributed by atoms with Gasteiger partial charge in [-0.2, -0.15) is 0 Å². The van der Waals surface area contributed by atoms with Gasteiger partial charge in [0.1, 0.15) is 5.75 Å². The molecule has 1 aliphatic heterocycles. The fourth-order valence-corrected chi connectivity index (χ4v) is 3.15. The number of aromatic hydroxyl groups is 1. The number of hydrogen-bond donors (Lipinski definition) is 1. The third-order valence-corrected chi connectivity index (χ3v) is 4.20. The Morgan fingerprint density at radius 1 is 1.53 bits per heavy atom. The quantitative estimate of drug-likeness (QED) is 0.763. The fourth-order valence-electron chi connectivity index (χ4n) is 3.15. The minimum absolute atomic E-state index is 0.0730. The first-order valence-electron chi connectivity index (χ1n) is 6.16. The van der Waals surface area contributed by atoms with E-state index in [4.69, 9.17) is 4.74 Å². The molecule has 1 spiro atoms. The van der Waals surface area contributed by atoms with Crippen LogP contribution in [0.3, 0.4) is 0 Å². The summed E-state index contributed by atoms with van der Waals surface area (Å²) in [6.45, 7) is 0.488. The number of carbonyl (C=O) groups excluding carboxylic acids is 2. The van der Waals surface area contributed by atoms with E-state index in [9.17, 15) is 14.7 Å². The Hall–Kier alpha value is -2.04. The number of nitrogens with zero attached hydrogens (tertiary/aromatic N) is 1. The van der Waals surface area contributed by atoms with Gasteiger partial charge in [0.15, 0.2) is 0 Å². The van der Waals surface area contributed by atoms with Crippen molar-refractivity contribution in [3.63, 3.8) is 0 Å². The summed E-state index contributed by atoms with van der Waals surface area (Å²) in [5, 5.41) is 9.64. The SMILES string of the molecule is COC(=O)[C@H]1C[C@]12CN(C)C(=O)c1ccc(O)cc12. The number of ether oxygens (including phenoxy) is 1. The number of carbonyl (C=O) groups is 2. The molecule has 0 radical (unpaired) electrons. The number of benzene rings is 1. The summed E-state index contributed by atoms with van der Waals surface area (Å²) in [6.07, 6.45) is 0.660. The molecule has 1 fully saturated rings. The zero-order valence-corrected chi connectivity index (χ0v) is 10.8. The molecule has 1 amide bonds. The fraction of sp³-hybridized carbons (Fsp3) is 0.429. The molecular formula is C14H15NO4. The summed E-state index contributed by atoms with van der Waals surface area (Å²) in [5.41, 5.74) is 0.952. The monoisotopic (exact) mass is 261 g/mol. The number of fused-ring (bicyclic) bond motifs is 2. The van der Waals surface area contributed by atoms with Crippen LogP contribution in [0.2, 0.25) is 0 Å². The average Bonchev–Trinajstić information content (AvgIpc) is 3.10. The summed E-state index contributed by atoms with van der Waals surface area (Å²) in [4.78, 5) is 25.5. The first-order chi connectivity index (χ1) is 8.99. The van der Waals surface area contributed by atoms with Gasteiger partial charge in [-0.3, -0.25) is 9.59 Å². The van der Waals surface area contributed by atoms with Crippen molar-refractivity contribution in [2.24, 2.45) is 5.92 Å². The molecule has 1 aromatic carbocycles. The second-order valence-electron chi connectivity index (χ2n) is 5.33. The van der Waals surface area contributed by atoms with Gasteiger partial charge in [-0.15, -0.1) is 0 Å². The molecule has 0 unspecified atom stereocenters. The van der Waals surface area contributed by atoms with Crippen LogP contribution in [-0.4, -0.2) is 42.6 Å². The minimum atomic E-state index is -0.385. The number of esters is 1. The predicted molar refractivity (Wildman–Crippen MR) is 66.9 cm³/mol. The molecule has 0 bridgehead atoms. The summed E-state index contributed by atoms with van der Waals surface area (Å²) < 4.78 is 4.80. The summed E-state index contributed by atoms with van der Waals surface area (Å²) in [7, 11) is 3.10. The van der Waals surface area contributed by atoms with Crippen molar-refractivity contribution in [1.29, 1.82) is 0 Å². The molecule has 1 N–H and O–H groups in total. The second-order valence-corrected chi connectivity index (χ2v) is 5.33. The first-order valence-corrected chi connectivity index (χ1v) is 6.16. The van der Waals surface area contributed by atoms with E-state index < -0.39 is 0 Å². The highest BCUT2D eigenvalue weighted by Gasteiger charge is 2.63. The lowest BCUT2D eigenvalue weighted by atomic mass is 9.84. The number of hydrogen-bond acceptors (Lipinski definition) is 4. The van der Waals surface area contributed by atoms with E-state index in [1.807, 2.05) is 0 Å². The molecule has 2 atom stereocenters. The molecule has 1 saturated carbocycles. The smallest absolute Gasteiger partial charge is 0.309 e. The van der Waals surface area contributed by atoms with Crippen LogP contribution >= 0.6 is 0 Å². The molecule has 100 valence electrons. The van der Waals surface area contributed by atoms with Crippen molar-refractivity contribution in [1.82, 2.24) is 4.90 Å². The van der Waals surface area contributed by atoms with Crippen molar-refractivity contribution in [2.75, 3.05) is 20.7 Å². The number of methoxy groups -OCH3 is 1. The van der Waals surface area contributed by atoms with Crippen molar-refractivity contribution >= 4 is 11.9 Å². The Balaban J connectivity index is 2.10. The van der Waals surface area contributed by atoms with E-state index in [1.54, 1.807) is 24.1 Å². The van der Waals surface area contributed by atoms with Gasteiger partial charge in [-0.1, -0.05) is 0 Å². The minimum Gasteiger partial charge on any atom is -0.508 e. The van der Waals surface area contributed by atoms with Crippen molar-refractivity contribution < 1.29 is 19.4 Å². The summed E-state index contributed by atoms with van der Waals surface area (Å²) in [5.74, 6) is -0.437. The zero-order valence-electron chi connectivity index (χ0n) is 10.8. The third-order valence-electron chi connectivity index (χ3n) is 4.20. The molecule has 5 heteroatoms. The molecule has 5 nitrogen and oxygen atoms in total. The molecule has 1 heterocycles. The number of rotatable bonds is 1. The van der Waals surface area contributed by atoms with E-state index in [-0.39, 0.29) is 29.0 Å². The van der Waals surface area contributed by atoms with Crippen molar-refractivity contribution in [3.05, 3.63) is 29.3 Å². The van der Waals surface area contributed by atoms with Gasteiger partial charge in [0.05, 0.1) is 13.0 Å². The van der Waals surface area contributed by atoms with Gasteiger partial charge in [0.2, 0.25) is 0 Å². The first kappa shape index (κ1) is 12.0. The lowest BCUT2D eigenvalue weighted by molar-refractivity contribution is -0.142. The van der Waals surface area contributed by atoms with Crippen molar-refractivity contribution in [3.8, 4) is 5.75 Å². The standard InChI is InChI=1S/C14H15NO4/c1-15-7-14(6-11(14)13(18)19-2)10-5-8(16)3-4-9(10)12(15)17/h3-5,11,16H,6-7H2,1-2H3/t11-,14-/m1/s1. The largest absolute Gasteiger partial charge is 0.508 e. The molecule has 0 aromatic heterocycles. The number of amides is 1. The maximum atomic E-state index is 12.1. The maximum Gasteiger partial charge on any atom is 0.309 e. The molecule has 0 saturated heterocycles. The Morgan fingerprint density at radius 2 is 2.26 bits per heavy atom. The van der Waals surface area contributed by atoms with E-state index in [0.717, 1.165) is 5.56 Å². The van der Waals surface area contributed by atoms with Crippen LogP contribution in [0.1, 0.15) is 22.3 Å². The van der Waals surface area contributed by atoms with Crippen LogP contribution in [0.4, 0.5) is 0 Å². The van der Waals surface area contributed by atoms with Crippen molar-refractivity contribution in [2.45, 2.75) is 11.8 Å². The maximum absolute atomic E-state index is 12.1. The van der Waals surface area contributed by atoms with Gasteiger partial charge in [0, 0.05) is 24.6 Å². The topological polar surface area (TPSA) is 66.8 Å². The highest BCUT2D eigenvalue weighted by Crippen LogP contribution is 2.58. The lowest BCUT2D eigenvalue weighted by Crippen LogP contribution is -2.42. The number of phenols is 1. The molecule has 1 aliphatic carbocycles. The highest BCUT2D eigenvalue weighted by molar-refractivity contribution is 5.99. The van der Waals surface area contributed by atoms with E-state index in [1.165, 1.54) is 13.2 Å². The van der Waals surface area contributed by atoms with Crippen LogP contribution in [0.5, 0.6) is 5.75 Å². The Labute approximate surface area is 110 Å². The summed E-state index contributed by atoms with van der Waals surface area (Å²) in [6, 6.07) is 4.72. The highest BCUT2D eigenvalue weighted by atomic mass is 16.5. The van der Waals surface area contributed by atoms with Crippen LogP contribution < -0.4 is 0 Å². The Morgan fingerprint density at radius 3 is 2.95 bits per heavy atom. The number of phenolic OH excluding ortho intramolecular Hbond substituents is 1. The van der Waals surface area contributed by atoms with Gasteiger partial charge in [-0.05, 0) is 30.2 Å². The molecular weight excluding hydrogens is 246 g/mol. The van der Waals surface area contributed by atoms with Gasteiger partial charge >= 0.3 is 5.97 Å². The van der Waals surface area contributed by atoms with Crippen LogP contribution in [0.15, 0.2) is 18.2 Å². The lowest BCUT2D eigenvalue weighted by Gasteiger charge is -2.32. The van der Waals surface area contributed by atoms with Crippen LogP contribution in [0.25, 0.3) is 0 Å².